The lowest BCUT2D eigenvalue weighted by Gasteiger charge is -2.22. The molecule has 0 amide bonds. The van der Waals surface area contributed by atoms with Crippen LogP contribution in [0.15, 0.2) is 60.1 Å². The number of benzene rings is 2. The molecule has 2 aromatic carbocycles. The summed E-state index contributed by atoms with van der Waals surface area (Å²) in [6.07, 6.45) is 8.67. The van der Waals surface area contributed by atoms with Crippen LogP contribution >= 0.6 is 0 Å². The van der Waals surface area contributed by atoms with Crippen molar-refractivity contribution < 1.29 is 47.9 Å². The molecule has 0 spiro atoms. The highest BCUT2D eigenvalue weighted by Gasteiger charge is 2.23. The third kappa shape index (κ3) is 10.7. The van der Waals surface area contributed by atoms with Crippen LogP contribution in [0.25, 0.3) is 0 Å². The summed E-state index contributed by atoms with van der Waals surface area (Å²) in [5, 5.41) is 9.71. The number of unbranched alkanes of at least 4 members (excludes halogenated alkanes) is 1. The Kier molecular flexibility index (Phi) is 13.7. The van der Waals surface area contributed by atoms with Crippen molar-refractivity contribution in [2.24, 2.45) is 0 Å². The van der Waals surface area contributed by atoms with Gasteiger partial charge in [-0.25, -0.2) is 9.59 Å². The lowest BCUT2D eigenvalue weighted by atomic mass is 10.0. The molecule has 240 valence electrons. The predicted molar refractivity (Wildman–Crippen MR) is 164 cm³/mol. The highest BCUT2D eigenvalue weighted by Crippen LogP contribution is 2.30. The van der Waals surface area contributed by atoms with Crippen molar-refractivity contribution in [2.75, 3.05) is 35.0 Å². The maximum atomic E-state index is 11.5. The molecule has 0 aliphatic carbocycles. The maximum Gasteiger partial charge on any atom is 0.334 e. The van der Waals surface area contributed by atoms with Gasteiger partial charge in [-0.2, -0.15) is 0 Å². The van der Waals surface area contributed by atoms with E-state index < -0.39 is 0 Å². The molecule has 0 saturated heterocycles. The summed E-state index contributed by atoms with van der Waals surface area (Å²) in [7, 11) is 6.27. The first-order valence-electron chi connectivity index (χ1n) is 14.8. The molecule has 2 atom stereocenters. The number of carbonyl (C=O) groups excluding carboxylic acids is 2. The van der Waals surface area contributed by atoms with E-state index in [0.29, 0.717) is 49.6 Å². The first-order valence-corrected chi connectivity index (χ1v) is 14.8. The van der Waals surface area contributed by atoms with Gasteiger partial charge in [0.1, 0.15) is 23.7 Å². The Hall–Kier alpha value is -4.34. The van der Waals surface area contributed by atoms with E-state index in [4.69, 9.17) is 33.2 Å². The molecule has 0 radical (unpaired) electrons. The van der Waals surface area contributed by atoms with Gasteiger partial charge in [0.25, 0.3) is 0 Å². The lowest BCUT2D eigenvalue weighted by Crippen LogP contribution is -2.23. The highest BCUT2D eigenvalue weighted by atomic mass is 16.6. The van der Waals surface area contributed by atoms with Crippen molar-refractivity contribution in [3.8, 4) is 23.0 Å². The molecule has 4 rings (SSSR count). The zero-order valence-electron chi connectivity index (χ0n) is 26.3. The molecule has 0 fully saturated rings. The monoisotopic (exact) mass is 612 g/mol. The van der Waals surface area contributed by atoms with Crippen LogP contribution in [0.5, 0.6) is 23.0 Å². The molecule has 10 nitrogen and oxygen atoms in total. The summed E-state index contributed by atoms with van der Waals surface area (Å²) < 4.78 is 37.0. The second kappa shape index (κ2) is 17.7. The van der Waals surface area contributed by atoms with Crippen molar-refractivity contribution in [2.45, 2.75) is 70.5 Å². The van der Waals surface area contributed by atoms with Crippen LogP contribution in [0.1, 0.15) is 56.6 Å². The fourth-order valence-corrected chi connectivity index (χ4v) is 4.78. The van der Waals surface area contributed by atoms with Gasteiger partial charge in [0.15, 0.2) is 23.0 Å². The number of ether oxygens (including phenoxy) is 7. The molecule has 2 aliphatic heterocycles. The molecule has 44 heavy (non-hydrogen) atoms. The van der Waals surface area contributed by atoms with Gasteiger partial charge in [-0.15, -0.1) is 0 Å². The number of methoxy groups -OCH3 is 4. The Morgan fingerprint density at radius 2 is 1.25 bits per heavy atom. The number of aryl methyl sites for hydroxylation is 2. The van der Waals surface area contributed by atoms with Crippen LogP contribution in [0.4, 0.5) is 0 Å². The minimum Gasteiger partial charge on any atom is -0.504 e. The van der Waals surface area contributed by atoms with Crippen molar-refractivity contribution in [3.05, 3.63) is 71.2 Å². The third-order valence-corrected chi connectivity index (χ3v) is 7.24. The van der Waals surface area contributed by atoms with Crippen molar-refractivity contribution in [1.29, 1.82) is 0 Å². The SMILES string of the molecule is CCCCOc1cc(CCC2CC(OC)=CC(=O)O2)ccc1OC.COC1=CC(=O)OC(CCc2ccc(OC)c(O)c2)C1. The van der Waals surface area contributed by atoms with E-state index >= 15 is 0 Å². The van der Waals surface area contributed by atoms with Gasteiger partial charge in [0.05, 0.1) is 47.2 Å². The fraction of sp³-hybridized carbons (Fsp3) is 0.471. The predicted octanol–water partition coefficient (Wildman–Crippen LogP) is 5.83. The Morgan fingerprint density at radius 1 is 0.727 bits per heavy atom. The second-order valence-electron chi connectivity index (χ2n) is 10.4. The summed E-state index contributed by atoms with van der Waals surface area (Å²) in [6, 6.07) is 11.2. The number of aromatic hydroxyl groups is 1. The smallest absolute Gasteiger partial charge is 0.334 e. The van der Waals surface area contributed by atoms with Crippen molar-refractivity contribution >= 4 is 11.9 Å². The van der Waals surface area contributed by atoms with Gasteiger partial charge >= 0.3 is 11.9 Å². The largest absolute Gasteiger partial charge is 0.504 e. The van der Waals surface area contributed by atoms with Crippen LogP contribution in [-0.2, 0) is 41.4 Å². The molecule has 0 bridgehead atoms. The molecule has 2 unspecified atom stereocenters. The molecule has 0 saturated carbocycles. The molecule has 2 aliphatic rings. The first-order chi connectivity index (χ1) is 21.3. The number of carbonyl (C=O) groups is 2. The topological polar surface area (TPSA) is 119 Å². The van der Waals surface area contributed by atoms with E-state index in [2.05, 4.69) is 6.92 Å². The number of phenols is 1. The zero-order valence-corrected chi connectivity index (χ0v) is 26.3. The van der Waals surface area contributed by atoms with E-state index in [1.54, 1.807) is 33.5 Å². The average molecular weight is 613 g/mol. The fourth-order valence-electron chi connectivity index (χ4n) is 4.78. The van der Waals surface area contributed by atoms with Gasteiger partial charge in [-0.05, 0) is 67.5 Å². The van der Waals surface area contributed by atoms with Gasteiger partial charge in [-0.3, -0.25) is 0 Å². The number of esters is 2. The lowest BCUT2D eigenvalue weighted by molar-refractivity contribution is -0.146. The molecule has 10 heteroatoms. The van der Waals surface area contributed by atoms with Crippen LogP contribution in [0.2, 0.25) is 0 Å². The molecule has 2 heterocycles. The number of hydrogen-bond acceptors (Lipinski definition) is 10. The number of phenolic OH excluding ortho intramolecular Hbond substituents is 1. The summed E-state index contributed by atoms with van der Waals surface area (Å²) in [5.41, 5.74) is 2.10. The number of cyclic esters (lactones) is 2. The summed E-state index contributed by atoms with van der Waals surface area (Å²) in [6.45, 7) is 2.81. The van der Waals surface area contributed by atoms with Gasteiger partial charge in [0.2, 0.25) is 0 Å². The van der Waals surface area contributed by atoms with Gasteiger partial charge in [0, 0.05) is 12.8 Å². The number of rotatable bonds is 14. The zero-order chi connectivity index (χ0) is 31.9. The second-order valence-corrected chi connectivity index (χ2v) is 10.4. The Labute approximate surface area is 259 Å². The summed E-state index contributed by atoms with van der Waals surface area (Å²) >= 11 is 0. The van der Waals surface area contributed by atoms with Crippen LogP contribution in [0.3, 0.4) is 0 Å². The van der Waals surface area contributed by atoms with Crippen LogP contribution < -0.4 is 14.2 Å². The molecule has 1 N–H and O–H groups in total. The molecule has 0 aromatic heterocycles. The normalized spacial score (nSPS) is 17.6. The minimum atomic E-state index is -0.365. The summed E-state index contributed by atoms with van der Waals surface area (Å²) in [5.74, 6) is 2.69. The van der Waals surface area contributed by atoms with Crippen LogP contribution in [0, 0.1) is 0 Å². The van der Waals surface area contributed by atoms with Crippen LogP contribution in [-0.4, -0.2) is 64.3 Å². The average Bonchev–Trinajstić information content (AvgIpc) is 3.02. The first kappa shape index (κ1) is 34.2. The third-order valence-electron chi connectivity index (χ3n) is 7.24. The van der Waals surface area contributed by atoms with E-state index in [1.165, 1.54) is 19.3 Å². The van der Waals surface area contributed by atoms with Crippen molar-refractivity contribution in [3.63, 3.8) is 0 Å². The maximum absolute atomic E-state index is 11.5. The molecular weight excluding hydrogens is 568 g/mol. The van der Waals surface area contributed by atoms with Crippen molar-refractivity contribution in [1.82, 2.24) is 0 Å². The Morgan fingerprint density at radius 3 is 1.73 bits per heavy atom. The van der Waals surface area contributed by atoms with E-state index in [0.717, 1.165) is 48.3 Å². The Bertz CT molecular complexity index is 1300. The summed E-state index contributed by atoms with van der Waals surface area (Å²) in [4.78, 5) is 22.9. The van der Waals surface area contributed by atoms with E-state index in [1.807, 2.05) is 24.3 Å². The van der Waals surface area contributed by atoms with E-state index in [9.17, 15) is 14.7 Å². The highest BCUT2D eigenvalue weighted by molar-refractivity contribution is 5.83. The Balaban J connectivity index is 0.000000244. The quantitative estimate of drug-likeness (QED) is 0.206. The minimum absolute atomic E-state index is 0.114. The molecular formula is C34H44O10. The standard InChI is InChI=1S/C19H26O5.C15H18O5/c1-4-5-10-23-18-11-14(7-9-17(18)22-3)6-8-15-12-16(21-2)13-19(20)24-15;1-18-12-8-11(20-15(17)9-12)5-3-10-4-6-14(19-2)13(16)7-10/h7,9,11,13,15H,4-6,8,10,12H2,1-3H3;4,6-7,9,11,16H,3,5,8H2,1-2H3. The van der Waals surface area contributed by atoms with Gasteiger partial charge < -0.3 is 38.3 Å². The number of hydrogen-bond donors (Lipinski definition) is 1. The van der Waals surface area contributed by atoms with E-state index in [-0.39, 0.29) is 29.9 Å². The molecule has 2 aromatic rings. The van der Waals surface area contributed by atoms with Gasteiger partial charge in [-0.1, -0.05) is 25.5 Å².